The molecule has 0 aromatic heterocycles. The second kappa shape index (κ2) is 26.6. The topological polar surface area (TPSA) is 257 Å². The maximum absolute atomic E-state index is 14.0. The molecule has 444 valence electrons. The minimum absolute atomic E-state index is 0.118. The van der Waals surface area contributed by atoms with E-state index in [2.05, 4.69) is 10.3 Å². The molecule has 0 bridgehead atoms. The fourth-order valence-corrected chi connectivity index (χ4v) is 12.7. The third-order valence-electron chi connectivity index (χ3n) is 16.0. The van der Waals surface area contributed by atoms with E-state index in [0.717, 1.165) is 22.3 Å². The molecule has 2 aliphatic rings. The Morgan fingerprint density at radius 1 is 0.548 bits per heavy atom. The molecule has 8 rings (SSSR count). The number of fused-ring (bicyclic) bond motifs is 1. The van der Waals surface area contributed by atoms with Crippen molar-refractivity contribution in [3.05, 3.63) is 167 Å². The predicted octanol–water partition coefficient (Wildman–Crippen LogP) is 11.6. The van der Waals surface area contributed by atoms with Gasteiger partial charge in [-0.1, -0.05) is 123 Å². The Hall–Kier alpha value is -8.10. The summed E-state index contributed by atoms with van der Waals surface area (Å²) < 4.78 is 85.8. The molecule has 8 unspecified atom stereocenters. The van der Waals surface area contributed by atoms with Crippen molar-refractivity contribution < 1.29 is 73.7 Å². The van der Waals surface area contributed by atoms with Crippen LogP contribution in [0.25, 0.3) is 10.8 Å². The summed E-state index contributed by atoms with van der Waals surface area (Å²) in [5, 5.41) is 28.7. The van der Waals surface area contributed by atoms with Crippen molar-refractivity contribution in [2.45, 2.75) is 139 Å². The maximum Gasteiger partial charge on any atom is 0.358 e. The SMILES string of the molecule is CCC(CC(C)(CC(C)c1ccc(O)cc1)C(=O)OC1CCOC1=O)c1ccc(S(=O)(=O)O/N=C\c2ccc(/C=N\OS(=O)(=O)c3ccc(C(CC)CC(C)(CC(C)c4ccc(O)cc4)C(=O)OC4CCOC4=O)cc3)c3ccccc23)cc1. The molecule has 0 amide bonds. The zero-order valence-corrected chi connectivity index (χ0v) is 49.3. The first-order valence-corrected chi connectivity index (χ1v) is 30.8. The second-order valence-corrected chi connectivity index (χ2v) is 25.3. The standard InChI is InChI=1S/C64H70N2O16S2/c1-7-43(37-63(5,61(71)79-57-31-33-77-59(57)69)35-41(3)45-15-23-51(67)24-16-45)47-19-27-53(28-20-47)83(73,74)81-65-39-49-13-14-50(56-12-10-9-11-55(49)56)40-66-82-84(75,76)54-29-21-48(22-30-54)44(8-2)38-64(6,62(72)80-58-32-34-78-60(58)70)36-42(4)46-17-25-52(68)26-18-46/h9-30,39-44,57-58,67-68H,7-8,31-38H2,1-6H3/b65-39-,66-40-. The summed E-state index contributed by atoms with van der Waals surface area (Å²) in [6.45, 7) is 11.8. The van der Waals surface area contributed by atoms with Gasteiger partial charge in [0.15, 0.2) is 0 Å². The molecule has 0 aliphatic carbocycles. The Bertz CT molecular complexity index is 3370. The van der Waals surface area contributed by atoms with E-state index in [-0.39, 0.29) is 71.0 Å². The van der Waals surface area contributed by atoms with Crippen molar-refractivity contribution >= 4 is 67.3 Å². The number of esters is 4. The van der Waals surface area contributed by atoms with E-state index in [1.54, 1.807) is 109 Å². The number of oxime groups is 2. The first-order valence-electron chi connectivity index (χ1n) is 28.0. The quantitative estimate of drug-likeness (QED) is 0.0221. The average Bonchev–Trinajstić information content (AvgIpc) is 3.60. The van der Waals surface area contributed by atoms with E-state index in [1.165, 1.54) is 36.7 Å². The van der Waals surface area contributed by atoms with Gasteiger partial charge in [0.25, 0.3) is 0 Å². The van der Waals surface area contributed by atoms with E-state index in [1.807, 2.05) is 41.5 Å². The number of rotatable bonds is 26. The Morgan fingerprint density at radius 2 is 0.893 bits per heavy atom. The lowest BCUT2D eigenvalue weighted by Crippen LogP contribution is -2.37. The predicted molar refractivity (Wildman–Crippen MR) is 313 cm³/mol. The first kappa shape index (κ1) is 62.0. The summed E-state index contributed by atoms with van der Waals surface area (Å²) in [4.78, 5) is 52.3. The molecule has 2 fully saturated rings. The second-order valence-electron chi connectivity index (χ2n) is 22.3. The lowest BCUT2D eigenvalue weighted by atomic mass is 9.71. The Kier molecular flexibility index (Phi) is 19.7. The van der Waals surface area contributed by atoms with E-state index < -0.39 is 67.2 Å². The van der Waals surface area contributed by atoms with Crippen LogP contribution in [0.5, 0.6) is 11.5 Å². The summed E-state index contributed by atoms with van der Waals surface area (Å²) >= 11 is 0. The smallest absolute Gasteiger partial charge is 0.358 e. The molecule has 0 spiro atoms. The van der Waals surface area contributed by atoms with Crippen LogP contribution >= 0.6 is 0 Å². The van der Waals surface area contributed by atoms with Crippen molar-refractivity contribution in [3.63, 3.8) is 0 Å². The number of aromatic hydroxyl groups is 2. The van der Waals surface area contributed by atoms with Gasteiger partial charge in [0.05, 0.1) is 36.5 Å². The van der Waals surface area contributed by atoms with Gasteiger partial charge in [-0.05, 0) is 158 Å². The van der Waals surface area contributed by atoms with Crippen LogP contribution in [0.2, 0.25) is 0 Å². The van der Waals surface area contributed by atoms with Crippen LogP contribution in [-0.4, -0.2) is 88.8 Å². The number of carbonyl (C=O) groups is 4. The van der Waals surface area contributed by atoms with Gasteiger partial charge in [0, 0.05) is 24.0 Å². The van der Waals surface area contributed by atoms with Gasteiger partial charge < -0.3 is 29.2 Å². The monoisotopic (exact) mass is 1190 g/mol. The number of hydrogen-bond acceptors (Lipinski definition) is 18. The van der Waals surface area contributed by atoms with Gasteiger partial charge in [0.1, 0.15) is 21.3 Å². The van der Waals surface area contributed by atoms with Gasteiger partial charge in [-0.25, -0.2) is 9.59 Å². The summed E-state index contributed by atoms with van der Waals surface area (Å²) in [6, 6.07) is 36.2. The molecule has 2 aliphatic heterocycles. The van der Waals surface area contributed by atoms with Crippen LogP contribution in [-0.2, 0) is 66.9 Å². The minimum Gasteiger partial charge on any atom is -0.508 e. The van der Waals surface area contributed by atoms with Gasteiger partial charge in [-0.2, -0.15) is 16.8 Å². The largest absolute Gasteiger partial charge is 0.508 e. The molecule has 0 radical (unpaired) electrons. The van der Waals surface area contributed by atoms with Crippen LogP contribution < -0.4 is 0 Å². The number of phenolic OH excluding ortho intramolecular Hbond substituents is 2. The van der Waals surface area contributed by atoms with Crippen LogP contribution in [0.1, 0.15) is 150 Å². The highest BCUT2D eigenvalue weighted by Crippen LogP contribution is 2.45. The highest BCUT2D eigenvalue weighted by molar-refractivity contribution is 7.87. The molecule has 2 heterocycles. The van der Waals surface area contributed by atoms with Crippen molar-refractivity contribution in [3.8, 4) is 11.5 Å². The van der Waals surface area contributed by atoms with Gasteiger partial charge in [-0.15, -0.1) is 0 Å². The number of cyclic esters (lactones) is 2. The number of benzene rings is 6. The molecule has 6 aromatic rings. The van der Waals surface area contributed by atoms with Gasteiger partial charge in [0.2, 0.25) is 12.2 Å². The molecule has 84 heavy (non-hydrogen) atoms. The van der Waals surface area contributed by atoms with Crippen molar-refractivity contribution in [1.82, 2.24) is 0 Å². The van der Waals surface area contributed by atoms with Gasteiger partial charge >= 0.3 is 44.1 Å². The Balaban J connectivity index is 0.908. The lowest BCUT2D eigenvalue weighted by molar-refractivity contribution is -0.169. The lowest BCUT2D eigenvalue weighted by Gasteiger charge is -2.34. The fourth-order valence-electron chi connectivity index (χ4n) is 11.2. The fraction of sp³-hybridized carbons (Fsp3) is 0.375. The number of nitrogens with zero attached hydrogens (tertiary/aromatic N) is 2. The Morgan fingerprint density at radius 3 is 1.21 bits per heavy atom. The molecule has 8 atom stereocenters. The summed E-state index contributed by atoms with van der Waals surface area (Å²) in [6.07, 6.45) is 3.58. The van der Waals surface area contributed by atoms with Crippen LogP contribution in [0, 0.1) is 10.8 Å². The molecule has 18 nitrogen and oxygen atoms in total. The van der Waals surface area contributed by atoms with Gasteiger partial charge in [-0.3, -0.25) is 18.2 Å². The summed E-state index contributed by atoms with van der Waals surface area (Å²) in [5.41, 5.74) is 2.16. The normalized spacial score (nSPS) is 18.5. The zero-order chi connectivity index (χ0) is 60.4. The maximum atomic E-state index is 14.0. The number of carbonyl (C=O) groups excluding carboxylic acids is 4. The summed E-state index contributed by atoms with van der Waals surface area (Å²) in [7, 11) is -8.82. The molecule has 0 saturated carbocycles. The van der Waals surface area contributed by atoms with Crippen LogP contribution in [0.4, 0.5) is 0 Å². The number of hydrogen-bond donors (Lipinski definition) is 2. The number of ether oxygens (including phenoxy) is 4. The first-order chi connectivity index (χ1) is 40.0. The third-order valence-corrected chi connectivity index (χ3v) is 18.3. The van der Waals surface area contributed by atoms with Crippen LogP contribution in [0.15, 0.2) is 154 Å². The summed E-state index contributed by atoms with van der Waals surface area (Å²) in [5.74, 6) is -2.72. The molecule has 6 aromatic carbocycles. The van der Waals surface area contributed by atoms with E-state index >= 15 is 0 Å². The molecular weight excluding hydrogens is 1120 g/mol. The minimum atomic E-state index is -4.41. The highest BCUT2D eigenvalue weighted by Gasteiger charge is 2.44. The molecule has 2 saturated heterocycles. The highest BCUT2D eigenvalue weighted by atomic mass is 32.2. The molecule has 2 N–H and O–H groups in total. The number of phenols is 2. The van der Waals surface area contributed by atoms with Crippen LogP contribution in [0.3, 0.4) is 0 Å². The van der Waals surface area contributed by atoms with Crippen molar-refractivity contribution in [2.75, 3.05) is 13.2 Å². The zero-order valence-electron chi connectivity index (χ0n) is 47.7. The van der Waals surface area contributed by atoms with E-state index in [9.17, 15) is 46.2 Å². The molecular formula is C64H70N2O16S2. The third kappa shape index (κ3) is 15.0. The van der Waals surface area contributed by atoms with Crippen molar-refractivity contribution in [2.24, 2.45) is 21.1 Å². The van der Waals surface area contributed by atoms with E-state index in [0.29, 0.717) is 60.4 Å². The Labute approximate surface area is 490 Å². The average molecular weight is 1190 g/mol. The van der Waals surface area contributed by atoms with Crippen molar-refractivity contribution in [1.29, 1.82) is 0 Å². The molecule has 20 heteroatoms. The van der Waals surface area contributed by atoms with E-state index in [4.69, 9.17) is 27.5 Å².